The number of aromatic nitrogens is 4. The Morgan fingerprint density at radius 3 is 2.85 bits per heavy atom. The van der Waals surface area contributed by atoms with Crippen molar-refractivity contribution in [3.63, 3.8) is 0 Å². The van der Waals surface area contributed by atoms with Gasteiger partial charge in [0.05, 0.1) is 16.8 Å². The molecule has 0 spiro atoms. The van der Waals surface area contributed by atoms with Gasteiger partial charge in [-0.2, -0.15) is 0 Å². The van der Waals surface area contributed by atoms with Crippen molar-refractivity contribution in [1.29, 1.82) is 0 Å². The molecule has 26 heavy (non-hydrogen) atoms. The van der Waals surface area contributed by atoms with Crippen LogP contribution in [0.4, 0.5) is 0 Å². The van der Waals surface area contributed by atoms with Crippen LogP contribution in [0.2, 0.25) is 0 Å². The largest absolute Gasteiger partial charge is 0.306 e. The molecule has 0 unspecified atom stereocenters. The van der Waals surface area contributed by atoms with E-state index in [1.807, 2.05) is 24.3 Å². The van der Waals surface area contributed by atoms with Crippen LogP contribution >= 0.6 is 0 Å². The second kappa shape index (κ2) is 6.90. The number of nitrogens with one attached hydrogen (secondary N) is 1. The van der Waals surface area contributed by atoms with Crippen LogP contribution in [-0.2, 0) is 19.5 Å². The highest BCUT2D eigenvalue weighted by molar-refractivity contribution is 5.52. The summed E-state index contributed by atoms with van der Waals surface area (Å²) < 4.78 is 0. The van der Waals surface area contributed by atoms with Crippen LogP contribution in [0.15, 0.2) is 47.8 Å². The number of fused-ring (bicyclic) bond motifs is 1. The Kier molecular flexibility index (Phi) is 4.30. The van der Waals surface area contributed by atoms with E-state index in [1.165, 1.54) is 6.33 Å². The summed E-state index contributed by atoms with van der Waals surface area (Å²) in [7, 11) is 0. The van der Waals surface area contributed by atoms with E-state index >= 15 is 0 Å². The Hall–Kier alpha value is -3.30. The predicted octanol–water partition coefficient (Wildman–Crippen LogP) is 1.77. The highest BCUT2D eigenvalue weighted by Gasteiger charge is 2.22. The van der Waals surface area contributed by atoms with Gasteiger partial charge >= 0.3 is 0 Å². The summed E-state index contributed by atoms with van der Waals surface area (Å²) >= 11 is 0. The zero-order valence-corrected chi connectivity index (χ0v) is 14.1. The van der Waals surface area contributed by atoms with Crippen molar-refractivity contribution < 1.29 is 0 Å². The van der Waals surface area contributed by atoms with Crippen LogP contribution in [0.25, 0.3) is 11.4 Å². The third-order valence-electron chi connectivity index (χ3n) is 4.55. The number of hydrogen-bond donors (Lipinski definition) is 1. The molecule has 6 nitrogen and oxygen atoms in total. The maximum Gasteiger partial charge on any atom is 0.255 e. The number of hydrogen-bond acceptors (Lipinski definition) is 5. The molecule has 0 aliphatic carbocycles. The zero-order chi connectivity index (χ0) is 17.9. The standard InChI is InChI=1S/C20H17N5O/c1-2-14-5-3-4-6-15(14)11-25-8-7-18-17(12-25)20(26)24-19(23-18)16-9-21-13-22-10-16/h1,3-6,9-10,13H,7-8,11-12H2,(H,23,24,26). The summed E-state index contributed by atoms with van der Waals surface area (Å²) in [5.41, 5.74) is 4.15. The maximum atomic E-state index is 12.6. The van der Waals surface area contributed by atoms with Crippen LogP contribution in [-0.4, -0.2) is 31.4 Å². The molecule has 1 aliphatic heterocycles. The Balaban J connectivity index is 1.60. The average Bonchev–Trinajstić information content (AvgIpc) is 2.69. The molecule has 0 bridgehead atoms. The first kappa shape index (κ1) is 16.2. The summed E-state index contributed by atoms with van der Waals surface area (Å²) in [6.45, 7) is 2.10. The number of terminal acetylenes is 1. The fourth-order valence-corrected chi connectivity index (χ4v) is 3.21. The van der Waals surface area contributed by atoms with Crippen molar-refractivity contribution in [2.24, 2.45) is 0 Å². The van der Waals surface area contributed by atoms with Gasteiger partial charge in [-0.1, -0.05) is 24.1 Å². The molecule has 1 N–H and O–H groups in total. The van der Waals surface area contributed by atoms with Gasteiger partial charge in [-0.15, -0.1) is 6.42 Å². The molecule has 3 heterocycles. The topological polar surface area (TPSA) is 74.8 Å². The van der Waals surface area contributed by atoms with E-state index in [0.717, 1.165) is 35.3 Å². The van der Waals surface area contributed by atoms with E-state index in [4.69, 9.17) is 6.42 Å². The smallest absolute Gasteiger partial charge is 0.255 e. The second-order valence-corrected chi connectivity index (χ2v) is 6.23. The Bertz CT molecular complexity index is 1040. The van der Waals surface area contributed by atoms with Gasteiger partial charge in [0.25, 0.3) is 5.56 Å². The van der Waals surface area contributed by atoms with E-state index in [0.29, 0.717) is 24.5 Å². The first-order chi connectivity index (χ1) is 12.7. The highest BCUT2D eigenvalue weighted by Crippen LogP contribution is 2.20. The van der Waals surface area contributed by atoms with E-state index in [9.17, 15) is 4.79 Å². The van der Waals surface area contributed by atoms with Crippen molar-refractivity contribution in [3.8, 4) is 23.7 Å². The van der Waals surface area contributed by atoms with Gasteiger partial charge in [0, 0.05) is 44.0 Å². The molecule has 0 saturated heterocycles. The second-order valence-electron chi connectivity index (χ2n) is 6.23. The molecule has 3 aromatic rings. The molecular weight excluding hydrogens is 326 g/mol. The highest BCUT2D eigenvalue weighted by atomic mass is 16.1. The number of nitrogens with zero attached hydrogens (tertiary/aromatic N) is 4. The maximum absolute atomic E-state index is 12.6. The molecular formula is C20H17N5O. The van der Waals surface area contributed by atoms with E-state index < -0.39 is 0 Å². The first-order valence-corrected chi connectivity index (χ1v) is 8.39. The fourth-order valence-electron chi connectivity index (χ4n) is 3.21. The normalized spacial score (nSPS) is 13.8. The minimum absolute atomic E-state index is 0.108. The SMILES string of the molecule is C#Cc1ccccc1CN1CCc2nc(-c3cncnc3)[nH]c(=O)c2C1. The molecule has 0 saturated carbocycles. The van der Waals surface area contributed by atoms with E-state index in [2.05, 4.69) is 30.8 Å². The molecule has 1 aromatic carbocycles. The van der Waals surface area contributed by atoms with E-state index in [1.54, 1.807) is 12.4 Å². The van der Waals surface area contributed by atoms with Gasteiger partial charge in [0.15, 0.2) is 0 Å². The van der Waals surface area contributed by atoms with Crippen molar-refractivity contribution in [2.45, 2.75) is 19.5 Å². The lowest BCUT2D eigenvalue weighted by Crippen LogP contribution is -2.35. The number of H-pyrrole nitrogens is 1. The first-order valence-electron chi connectivity index (χ1n) is 8.39. The van der Waals surface area contributed by atoms with Crippen LogP contribution in [0.1, 0.15) is 22.4 Å². The van der Waals surface area contributed by atoms with Gasteiger partial charge in [0.2, 0.25) is 0 Å². The molecule has 6 heteroatoms. The summed E-state index contributed by atoms with van der Waals surface area (Å²) in [6.07, 6.45) is 11.0. The van der Waals surface area contributed by atoms with Crippen LogP contribution < -0.4 is 5.56 Å². The van der Waals surface area contributed by atoms with Crippen molar-refractivity contribution in [3.05, 3.63) is 75.7 Å². The van der Waals surface area contributed by atoms with Gasteiger partial charge in [-0.25, -0.2) is 15.0 Å². The summed E-state index contributed by atoms with van der Waals surface area (Å²) in [6, 6.07) is 7.89. The van der Waals surface area contributed by atoms with Crippen molar-refractivity contribution in [1.82, 2.24) is 24.8 Å². The van der Waals surface area contributed by atoms with Crippen molar-refractivity contribution >= 4 is 0 Å². The van der Waals surface area contributed by atoms with E-state index in [-0.39, 0.29) is 5.56 Å². The third kappa shape index (κ3) is 3.13. The lowest BCUT2D eigenvalue weighted by Gasteiger charge is -2.28. The molecule has 0 fully saturated rings. The quantitative estimate of drug-likeness (QED) is 0.734. The Labute approximate surface area is 151 Å². The number of aromatic amines is 1. The van der Waals surface area contributed by atoms with Gasteiger partial charge in [-0.05, 0) is 11.6 Å². The third-order valence-corrected chi connectivity index (χ3v) is 4.55. The summed E-state index contributed by atoms with van der Waals surface area (Å²) in [5.74, 6) is 3.24. The van der Waals surface area contributed by atoms with Gasteiger partial charge < -0.3 is 4.98 Å². The lowest BCUT2D eigenvalue weighted by molar-refractivity contribution is 0.241. The monoisotopic (exact) mass is 343 g/mol. The van der Waals surface area contributed by atoms with Gasteiger partial charge in [-0.3, -0.25) is 9.69 Å². The minimum atomic E-state index is -0.108. The predicted molar refractivity (Wildman–Crippen MR) is 98.1 cm³/mol. The average molecular weight is 343 g/mol. The molecule has 1 aliphatic rings. The zero-order valence-electron chi connectivity index (χ0n) is 14.1. The van der Waals surface area contributed by atoms with Crippen LogP contribution in [0.5, 0.6) is 0 Å². The Morgan fingerprint density at radius 2 is 2.04 bits per heavy atom. The number of rotatable bonds is 3. The molecule has 4 rings (SSSR count). The number of benzene rings is 1. The Morgan fingerprint density at radius 1 is 1.23 bits per heavy atom. The van der Waals surface area contributed by atoms with Crippen LogP contribution in [0.3, 0.4) is 0 Å². The molecule has 0 atom stereocenters. The summed E-state index contributed by atoms with van der Waals surface area (Å²) in [4.78, 5) is 30.2. The molecule has 0 amide bonds. The van der Waals surface area contributed by atoms with Crippen LogP contribution in [0, 0.1) is 12.3 Å². The molecule has 128 valence electrons. The fraction of sp³-hybridized carbons (Fsp3) is 0.200. The summed E-state index contributed by atoms with van der Waals surface area (Å²) in [5, 5.41) is 0. The molecule has 2 aromatic heterocycles. The lowest BCUT2D eigenvalue weighted by atomic mass is 10.0. The van der Waals surface area contributed by atoms with Gasteiger partial charge in [0.1, 0.15) is 12.2 Å². The van der Waals surface area contributed by atoms with Crippen molar-refractivity contribution in [2.75, 3.05) is 6.54 Å². The molecule has 0 radical (unpaired) electrons. The minimum Gasteiger partial charge on any atom is -0.306 e.